The second kappa shape index (κ2) is 6.19. The van der Waals surface area contributed by atoms with Gasteiger partial charge in [-0.2, -0.15) is 0 Å². The van der Waals surface area contributed by atoms with Crippen LogP contribution in [0.1, 0.15) is 54.4 Å². The minimum absolute atomic E-state index is 0.283. The highest BCUT2D eigenvalue weighted by Gasteiger charge is 2.28. The SMILES string of the molecule is CCC(C)(C)NCC(C)N1CCC(C(C)C)C1. The minimum atomic E-state index is 0.283. The summed E-state index contributed by atoms with van der Waals surface area (Å²) in [6.45, 7) is 17.6. The highest BCUT2D eigenvalue weighted by Crippen LogP contribution is 2.25. The van der Waals surface area contributed by atoms with Gasteiger partial charge in [-0.15, -0.1) is 0 Å². The van der Waals surface area contributed by atoms with Gasteiger partial charge in [0.15, 0.2) is 0 Å². The molecule has 0 aromatic carbocycles. The number of rotatable bonds is 6. The van der Waals surface area contributed by atoms with Crippen molar-refractivity contribution < 1.29 is 0 Å². The van der Waals surface area contributed by atoms with Crippen molar-refractivity contribution in [3.63, 3.8) is 0 Å². The van der Waals surface area contributed by atoms with Gasteiger partial charge in [0.2, 0.25) is 0 Å². The summed E-state index contributed by atoms with van der Waals surface area (Å²) in [5.41, 5.74) is 0.283. The van der Waals surface area contributed by atoms with Gasteiger partial charge in [0.25, 0.3) is 0 Å². The highest BCUT2D eigenvalue weighted by molar-refractivity contribution is 4.84. The Kier molecular flexibility index (Phi) is 5.46. The molecule has 0 aromatic heterocycles. The van der Waals surface area contributed by atoms with Crippen molar-refractivity contribution in [3.8, 4) is 0 Å². The molecule has 1 N–H and O–H groups in total. The van der Waals surface area contributed by atoms with Crippen molar-refractivity contribution in [2.45, 2.75) is 66.0 Å². The Hall–Kier alpha value is -0.0800. The molecule has 1 saturated heterocycles. The Morgan fingerprint density at radius 1 is 1.29 bits per heavy atom. The van der Waals surface area contributed by atoms with E-state index in [2.05, 4.69) is 51.8 Å². The summed E-state index contributed by atoms with van der Waals surface area (Å²) in [5, 5.41) is 3.69. The topological polar surface area (TPSA) is 15.3 Å². The maximum absolute atomic E-state index is 3.69. The lowest BCUT2D eigenvalue weighted by atomic mass is 9.95. The molecule has 0 aromatic rings. The molecule has 0 bridgehead atoms. The van der Waals surface area contributed by atoms with Crippen molar-refractivity contribution in [1.29, 1.82) is 0 Å². The van der Waals surface area contributed by atoms with Crippen LogP contribution in [-0.4, -0.2) is 36.1 Å². The maximum atomic E-state index is 3.69. The van der Waals surface area contributed by atoms with Crippen molar-refractivity contribution in [2.24, 2.45) is 11.8 Å². The zero-order valence-corrected chi connectivity index (χ0v) is 12.7. The zero-order valence-electron chi connectivity index (χ0n) is 12.7. The first-order chi connectivity index (χ1) is 7.85. The van der Waals surface area contributed by atoms with E-state index >= 15 is 0 Å². The number of hydrogen-bond donors (Lipinski definition) is 1. The molecule has 102 valence electrons. The Balaban J connectivity index is 2.32. The molecule has 17 heavy (non-hydrogen) atoms. The third-order valence-corrected chi connectivity index (χ3v) is 4.58. The molecular weight excluding hydrogens is 208 g/mol. The molecule has 0 amide bonds. The first-order valence-corrected chi connectivity index (χ1v) is 7.34. The fraction of sp³-hybridized carbons (Fsp3) is 1.00. The Labute approximate surface area is 108 Å². The summed E-state index contributed by atoms with van der Waals surface area (Å²) in [6.07, 6.45) is 2.58. The molecule has 1 aliphatic heterocycles. The summed E-state index contributed by atoms with van der Waals surface area (Å²) in [4.78, 5) is 2.66. The first-order valence-electron chi connectivity index (χ1n) is 7.34. The van der Waals surface area contributed by atoms with Gasteiger partial charge in [0, 0.05) is 24.7 Å². The van der Waals surface area contributed by atoms with E-state index in [1.807, 2.05) is 0 Å². The molecule has 0 aliphatic carbocycles. The Morgan fingerprint density at radius 3 is 2.41 bits per heavy atom. The van der Waals surface area contributed by atoms with E-state index in [4.69, 9.17) is 0 Å². The standard InChI is InChI=1S/C15H32N2/c1-7-15(5,6)16-10-13(4)17-9-8-14(11-17)12(2)3/h12-14,16H,7-11H2,1-6H3. The third-order valence-electron chi connectivity index (χ3n) is 4.58. The largest absolute Gasteiger partial charge is 0.310 e. The maximum Gasteiger partial charge on any atom is 0.0192 e. The number of likely N-dealkylation sites (tertiary alicyclic amines) is 1. The Morgan fingerprint density at radius 2 is 1.94 bits per heavy atom. The molecule has 2 atom stereocenters. The van der Waals surface area contributed by atoms with Crippen LogP contribution in [0.15, 0.2) is 0 Å². The molecule has 2 unspecified atom stereocenters. The van der Waals surface area contributed by atoms with Gasteiger partial charge in [-0.25, -0.2) is 0 Å². The summed E-state index contributed by atoms with van der Waals surface area (Å²) < 4.78 is 0. The van der Waals surface area contributed by atoms with E-state index in [-0.39, 0.29) is 5.54 Å². The van der Waals surface area contributed by atoms with E-state index in [1.54, 1.807) is 0 Å². The van der Waals surface area contributed by atoms with Crippen molar-refractivity contribution in [1.82, 2.24) is 10.2 Å². The average Bonchev–Trinajstić information content (AvgIpc) is 2.75. The van der Waals surface area contributed by atoms with Crippen LogP contribution in [0.25, 0.3) is 0 Å². The average molecular weight is 240 g/mol. The van der Waals surface area contributed by atoms with E-state index in [0.29, 0.717) is 6.04 Å². The molecular formula is C15H32N2. The molecule has 0 radical (unpaired) electrons. The lowest BCUT2D eigenvalue weighted by molar-refractivity contribution is 0.216. The van der Waals surface area contributed by atoms with Crippen LogP contribution in [0, 0.1) is 11.8 Å². The quantitative estimate of drug-likeness (QED) is 0.767. The predicted molar refractivity (Wildman–Crippen MR) is 76.4 cm³/mol. The first kappa shape index (κ1) is 15.0. The van der Waals surface area contributed by atoms with Crippen LogP contribution >= 0.6 is 0 Å². The zero-order chi connectivity index (χ0) is 13.1. The summed E-state index contributed by atoms with van der Waals surface area (Å²) in [5.74, 6) is 1.75. The number of hydrogen-bond acceptors (Lipinski definition) is 2. The summed E-state index contributed by atoms with van der Waals surface area (Å²) in [6, 6.07) is 0.671. The van der Waals surface area contributed by atoms with Crippen LogP contribution in [0.4, 0.5) is 0 Å². The molecule has 2 heteroatoms. The molecule has 1 rings (SSSR count). The smallest absolute Gasteiger partial charge is 0.0192 e. The van der Waals surface area contributed by atoms with Gasteiger partial charge in [0.1, 0.15) is 0 Å². The lowest BCUT2D eigenvalue weighted by Gasteiger charge is -2.31. The second-order valence-electron chi connectivity index (χ2n) is 6.76. The summed E-state index contributed by atoms with van der Waals surface area (Å²) >= 11 is 0. The van der Waals surface area contributed by atoms with Gasteiger partial charge in [0.05, 0.1) is 0 Å². The fourth-order valence-electron chi connectivity index (χ4n) is 2.44. The predicted octanol–water partition coefficient (Wildman–Crippen LogP) is 3.13. The van der Waals surface area contributed by atoms with Crippen LogP contribution in [0.2, 0.25) is 0 Å². The lowest BCUT2D eigenvalue weighted by Crippen LogP contribution is -2.47. The third kappa shape index (κ3) is 4.59. The second-order valence-corrected chi connectivity index (χ2v) is 6.76. The normalized spacial score (nSPS) is 24.5. The molecule has 0 saturated carbocycles. The van der Waals surface area contributed by atoms with Gasteiger partial charge in [-0.05, 0) is 52.0 Å². The summed E-state index contributed by atoms with van der Waals surface area (Å²) in [7, 11) is 0. The van der Waals surface area contributed by atoms with Crippen molar-refractivity contribution in [3.05, 3.63) is 0 Å². The molecule has 2 nitrogen and oxygen atoms in total. The Bertz CT molecular complexity index is 223. The van der Waals surface area contributed by atoms with Gasteiger partial charge in [-0.3, -0.25) is 4.90 Å². The number of nitrogens with zero attached hydrogens (tertiary/aromatic N) is 1. The van der Waals surface area contributed by atoms with Crippen molar-refractivity contribution >= 4 is 0 Å². The van der Waals surface area contributed by atoms with Gasteiger partial charge >= 0.3 is 0 Å². The van der Waals surface area contributed by atoms with E-state index in [0.717, 1.165) is 18.4 Å². The molecule has 1 fully saturated rings. The monoisotopic (exact) mass is 240 g/mol. The van der Waals surface area contributed by atoms with E-state index in [1.165, 1.54) is 25.9 Å². The van der Waals surface area contributed by atoms with Gasteiger partial charge < -0.3 is 5.32 Å². The van der Waals surface area contributed by atoms with Crippen LogP contribution in [0.5, 0.6) is 0 Å². The van der Waals surface area contributed by atoms with E-state index in [9.17, 15) is 0 Å². The molecule has 1 heterocycles. The van der Waals surface area contributed by atoms with Crippen LogP contribution in [-0.2, 0) is 0 Å². The highest BCUT2D eigenvalue weighted by atomic mass is 15.2. The van der Waals surface area contributed by atoms with Crippen molar-refractivity contribution in [2.75, 3.05) is 19.6 Å². The van der Waals surface area contributed by atoms with E-state index < -0.39 is 0 Å². The van der Waals surface area contributed by atoms with Crippen LogP contribution in [0.3, 0.4) is 0 Å². The molecule has 1 aliphatic rings. The molecule has 0 spiro atoms. The minimum Gasteiger partial charge on any atom is -0.310 e. The fourth-order valence-corrected chi connectivity index (χ4v) is 2.44. The number of nitrogens with one attached hydrogen (secondary N) is 1. The van der Waals surface area contributed by atoms with Gasteiger partial charge in [-0.1, -0.05) is 20.8 Å². The van der Waals surface area contributed by atoms with Crippen LogP contribution < -0.4 is 5.32 Å².